The van der Waals surface area contributed by atoms with Gasteiger partial charge in [0.2, 0.25) is 0 Å². The van der Waals surface area contributed by atoms with E-state index in [1.54, 1.807) is 24.5 Å². The summed E-state index contributed by atoms with van der Waals surface area (Å²) >= 11 is 0. The largest absolute Gasteiger partial charge is 0.364 e. The van der Waals surface area contributed by atoms with Crippen molar-refractivity contribution in [1.82, 2.24) is 15.0 Å². The third kappa shape index (κ3) is 1.47. The smallest absolute Gasteiger partial charge is 0.266 e. The van der Waals surface area contributed by atoms with E-state index < -0.39 is 5.91 Å². The lowest BCUT2D eigenvalue weighted by molar-refractivity contribution is 0.0996. The molecule has 1 amide bonds. The highest BCUT2D eigenvalue weighted by atomic mass is 16.1. The standard InChI is InChI=1S/C9H8N4O/c10-8(14)7-5-12-9(13-7)6-1-3-11-4-2-6/h1-5H,(H2,10,14)(H,12,13). The molecule has 2 aromatic rings. The molecule has 0 unspecified atom stereocenters. The molecule has 0 aliphatic heterocycles. The number of nitrogens with one attached hydrogen (secondary N) is 1. The minimum Gasteiger partial charge on any atom is -0.364 e. The Balaban J connectivity index is 2.39. The number of hydrogen-bond donors (Lipinski definition) is 2. The molecule has 0 spiro atoms. The summed E-state index contributed by atoms with van der Waals surface area (Å²) in [5.41, 5.74) is 6.25. The van der Waals surface area contributed by atoms with E-state index in [0.717, 1.165) is 5.56 Å². The first-order valence-electron chi connectivity index (χ1n) is 4.02. The van der Waals surface area contributed by atoms with Crippen molar-refractivity contribution < 1.29 is 4.79 Å². The van der Waals surface area contributed by atoms with Crippen LogP contribution in [0.5, 0.6) is 0 Å². The van der Waals surface area contributed by atoms with Crippen LogP contribution in [-0.2, 0) is 0 Å². The molecule has 2 rings (SSSR count). The summed E-state index contributed by atoms with van der Waals surface area (Å²) in [5, 5.41) is 0. The maximum Gasteiger partial charge on any atom is 0.266 e. The number of H-pyrrole nitrogens is 1. The molecular weight excluding hydrogens is 180 g/mol. The minimum absolute atomic E-state index is 0.303. The molecule has 3 N–H and O–H groups in total. The fraction of sp³-hybridized carbons (Fsp3) is 0. The highest BCUT2D eigenvalue weighted by molar-refractivity contribution is 5.91. The van der Waals surface area contributed by atoms with Crippen LogP contribution in [0.1, 0.15) is 10.5 Å². The lowest BCUT2D eigenvalue weighted by Gasteiger charge is -1.93. The number of aromatic nitrogens is 3. The third-order valence-corrected chi connectivity index (χ3v) is 1.80. The predicted octanol–water partition coefficient (Wildman–Crippen LogP) is 0.571. The number of hydrogen-bond acceptors (Lipinski definition) is 3. The van der Waals surface area contributed by atoms with Crippen molar-refractivity contribution in [2.75, 3.05) is 0 Å². The number of aromatic amines is 1. The van der Waals surface area contributed by atoms with E-state index in [0.29, 0.717) is 11.5 Å². The number of primary amides is 1. The molecule has 0 aromatic carbocycles. The normalized spacial score (nSPS) is 10.0. The number of carbonyl (C=O) groups excluding carboxylic acids is 1. The number of amides is 1. The Morgan fingerprint density at radius 2 is 2.07 bits per heavy atom. The van der Waals surface area contributed by atoms with Crippen LogP contribution in [0.25, 0.3) is 11.4 Å². The highest BCUT2D eigenvalue weighted by Gasteiger charge is 2.06. The predicted molar refractivity (Wildman–Crippen MR) is 50.3 cm³/mol. The first-order valence-corrected chi connectivity index (χ1v) is 4.02. The van der Waals surface area contributed by atoms with Crippen LogP contribution in [-0.4, -0.2) is 20.9 Å². The van der Waals surface area contributed by atoms with E-state index in [1.807, 2.05) is 0 Å². The lowest BCUT2D eigenvalue weighted by Crippen LogP contribution is -2.10. The molecule has 0 atom stereocenters. The molecule has 70 valence electrons. The summed E-state index contributed by atoms with van der Waals surface area (Å²) in [6.07, 6.45) is 4.72. The summed E-state index contributed by atoms with van der Waals surface area (Å²) in [6.45, 7) is 0. The Kier molecular flexibility index (Phi) is 1.98. The number of pyridine rings is 1. The van der Waals surface area contributed by atoms with Gasteiger partial charge in [0.05, 0.1) is 6.20 Å². The lowest BCUT2D eigenvalue weighted by atomic mass is 10.2. The topological polar surface area (TPSA) is 84.7 Å². The van der Waals surface area contributed by atoms with Gasteiger partial charge in [-0.2, -0.15) is 0 Å². The Hall–Kier alpha value is -2.17. The van der Waals surface area contributed by atoms with Crippen LogP contribution in [0, 0.1) is 0 Å². The quantitative estimate of drug-likeness (QED) is 0.722. The van der Waals surface area contributed by atoms with Crippen LogP contribution in [0.4, 0.5) is 0 Å². The van der Waals surface area contributed by atoms with E-state index >= 15 is 0 Å². The van der Waals surface area contributed by atoms with Crippen molar-refractivity contribution in [3.63, 3.8) is 0 Å². The van der Waals surface area contributed by atoms with Crippen LogP contribution in [0.3, 0.4) is 0 Å². The second-order valence-electron chi connectivity index (χ2n) is 2.75. The summed E-state index contributed by atoms with van der Waals surface area (Å²) in [4.78, 5) is 21.5. The SMILES string of the molecule is NC(=O)c1cnc(-c2ccncc2)[nH]1. The Bertz CT molecular complexity index is 449. The molecule has 2 heterocycles. The zero-order valence-corrected chi connectivity index (χ0v) is 7.27. The van der Waals surface area contributed by atoms with Crippen molar-refractivity contribution in [3.05, 3.63) is 36.4 Å². The van der Waals surface area contributed by atoms with Gasteiger partial charge in [-0.1, -0.05) is 0 Å². The maximum atomic E-state index is 10.8. The van der Waals surface area contributed by atoms with Crippen molar-refractivity contribution in [2.45, 2.75) is 0 Å². The number of rotatable bonds is 2. The van der Waals surface area contributed by atoms with E-state index in [4.69, 9.17) is 5.73 Å². The monoisotopic (exact) mass is 188 g/mol. The van der Waals surface area contributed by atoms with Gasteiger partial charge in [0.25, 0.3) is 5.91 Å². The molecule has 0 aliphatic carbocycles. The molecule has 5 heteroatoms. The second kappa shape index (κ2) is 3.29. The van der Waals surface area contributed by atoms with E-state index in [-0.39, 0.29) is 0 Å². The van der Waals surface area contributed by atoms with Gasteiger partial charge in [-0.15, -0.1) is 0 Å². The summed E-state index contributed by atoms with van der Waals surface area (Å²) in [5.74, 6) is 0.0963. The Labute approximate surface area is 80.0 Å². The van der Waals surface area contributed by atoms with Gasteiger partial charge in [0, 0.05) is 18.0 Å². The molecule has 0 aliphatic rings. The van der Waals surface area contributed by atoms with Gasteiger partial charge in [0.1, 0.15) is 11.5 Å². The van der Waals surface area contributed by atoms with E-state index in [2.05, 4.69) is 15.0 Å². The number of nitrogens with two attached hydrogens (primary N) is 1. The fourth-order valence-electron chi connectivity index (χ4n) is 1.10. The highest BCUT2D eigenvalue weighted by Crippen LogP contribution is 2.13. The first kappa shape index (κ1) is 8.43. The minimum atomic E-state index is -0.516. The maximum absolute atomic E-state index is 10.8. The summed E-state index contributed by atoms with van der Waals surface area (Å²) in [7, 11) is 0. The van der Waals surface area contributed by atoms with Crippen LogP contribution < -0.4 is 5.73 Å². The third-order valence-electron chi connectivity index (χ3n) is 1.80. The van der Waals surface area contributed by atoms with Crippen LogP contribution in [0.15, 0.2) is 30.7 Å². The molecule has 0 saturated carbocycles. The molecule has 0 radical (unpaired) electrons. The number of imidazole rings is 1. The molecule has 5 nitrogen and oxygen atoms in total. The summed E-state index contributed by atoms with van der Waals surface area (Å²) < 4.78 is 0. The van der Waals surface area contributed by atoms with Crippen molar-refractivity contribution >= 4 is 5.91 Å². The molecular formula is C9H8N4O. The van der Waals surface area contributed by atoms with Gasteiger partial charge in [-0.05, 0) is 12.1 Å². The van der Waals surface area contributed by atoms with E-state index in [1.165, 1.54) is 6.20 Å². The van der Waals surface area contributed by atoms with Gasteiger partial charge < -0.3 is 10.7 Å². The van der Waals surface area contributed by atoms with Gasteiger partial charge in [-0.3, -0.25) is 9.78 Å². The number of nitrogens with zero attached hydrogens (tertiary/aromatic N) is 2. The van der Waals surface area contributed by atoms with Crippen molar-refractivity contribution in [2.24, 2.45) is 5.73 Å². The Morgan fingerprint density at radius 1 is 1.36 bits per heavy atom. The van der Waals surface area contributed by atoms with E-state index in [9.17, 15) is 4.79 Å². The van der Waals surface area contributed by atoms with Gasteiger partial charge in [0.15, 0.2) is 0 Å². The molecule has 14 heavy (non-hydrogen) atoms. The zero-order valence-electron chi connectivity index (χ0n) is 7.27. The molecule has 2 aromatic heterocycles. The average molecular weight is 188 g/mol. The van der Waals surface area contributed by atoms with Gasteiger partial charge >= 0.3 is 0 Å². The number of carbonyl (C=O) groups is 1. The molecule has 0 bridgehead atoms. The first-order chi connectivity index (χ1) is 6.77. The average Bonchev–Trinajstić information content (AvgIpc) is 2.68. The second-order valence-corrected chi connectivity index (χ2v) is 2.75. The van der Waals surface area contributed by atoms with Crippen molar-refractivity contribution in [3.8, 4) is 11.4 Å². The fourth-order valence-corrected chi connectivity index (χ4v) is 1.10. The zero-order chi connectivity index (χ0) is 9.97. The van der Waals surface area contributed by atoms with Gasteiger partial charge in [-0.25, -0.2) is 4.98 Å². The van der Waals surface area contributed by atoms with Crippen LogP contribution >= 0.6 is 0 Å². The Morgan fingerprint density at radius 3 is 2.64 bits per heavy atom. The van der Waals surface area contributed by atoms with Crippen LogP contribution in [0.2, 0.25) is 0 Å². The van der Waals surface area contributed by atoms with Crippen molar-refractivity contribution in [1.29, 1.82) is 0 Å². The molecule has 0 fully saturated rings. The summed E-state index contributed by atoms with van der Waals surface area (Å²) in [6, 6.07) is 3.59. The molecule has 0 saturated heterocycles.